The third-order valence-electron chi connectivity index (χ3n) is 13.1. The molecule has 20 nitrogen and oxygen atoms in total. The van der Waals surface area contributed by atoms with E-state index in [1.54, 1.807) is 54.6 Å². The fourth-order valence-corrected chi connectivity index (χ4v) is 10.4. The molecule has 1 N–H and O–H groups in total. The lowest BCUT2D eigenvalue weighted by molar-refractivity contribution is -0.156. The van der Waals surface area contributed by atoms with E-state index in [-0.39, 0.29) is 54.0 Å². The molecule has 0 aliphatic heterocycles. The lowest BCUT2D eigenvalue weighted by atomic mass is 10.1. The van der Waals surface area contributed by atoms with Gasteiger partial charge in [-0.2, -0.15) is 17.2 Å². The molecule has 5 heterocycles. The second-order valence-corrected chi connectivity index (χ2v) is 25.2. The van der Waals surface area contributed by atoms with Crippen molar-refractivity contribution in [1.82, 2.24) is 39.4 Å². The van der Waals surface area contributed by atoms with E-state index in [1.165, 1.54) is 81.6 Å². The van der Waals surface area contributed by atoms with Crippen LogP contribution in [-0.2, 0) is 58.6 Å². The number of nitrogens with one attached hydrogen (secondary N) is 1. The Balaban J connectivity index is 0.000000216. The Bertz CT molecular complexity index is 4420. The molecule has 5 aromatic carbocycles. The Morgan fingerprint density at radius 1 is 0.618 bits per heavy atom. The summed E-state index contributed by atoms with van der Waals surface area (Å²) in [5.74, 6) is 0.679. The molecule has 0 atom stereocenters. The average Bonchev–Trinajstić information content (AvgIpc) is 1.54. The van der Waals surface area contributed by atoms with Gasteiger partial charge in [-0.1, -0.05) is 34.2 Å². The van der Waals surface area contributed by atoms with Gasteiger partial charge in [-0.15, -0.1) is 0 Å². The van der Waals surface area contributed by atoms with Gasteiger partial charge in [-0.05, 0) is 152 Å². The van der Waals surface area contributed by atoms with Gasteiger partial charge in [0.25, 0.3) is 21.2 Å². The van der Waals surface area contributed by atoms with Gasteiger partial charge in [0, 0.05) is 55.0 Å². The molecule has 0 saturated carbocycles. The van der Waals surface area contributed by atoms with Crippen LogP contribution in [-0.4, -0.2) is 83.8 Å². The lowest BCUT2D eigenvalue weighted by Crippen LogP contribution is -2.24. The number of esters is 2. The summed E-state index contributed by atoms with van der Waals surface area (Å²) < 4.78 is 109. The first-order valence-corrected chi connectivity index (χ1v) is 30.9. The zero-order valence-electron chi connectivity index (χ0n) is 49.5. The van der Waals surface area contributed by atoms with Gasteiger partial charge in [0.2, 0.25) is 0 Å². The average molecular weight is 1260 g/mol. The van der Waals surface area contributed by atoms with Crippen molar-refractivity contribution in [3.63, 3.8) is 0 Å². The third kappa shape index (κ3) is 17.6. The Morgan fingerprint density at radius 3 is 1.57 bits per heavy atom. The van der Waals surface area contributed by atoms with Gasteiger partial charge in [-0.25, -0.2) is 23.7 Å². The first-order chi connectivity index (χ1) is 42.2. The standard InChI is InChI=1S/C35H32F3N5O5S.C28H30FN3O7S/c1-35(2,3)47-31(44)7-5-4-6-30-39-28-16-20(8-14-25(28)32(45)43(30)22-11-9-21(36)10-12-22)27-18-24(48-42-27)19-49-34-40-26-15-13-23(46-33(37)38)17-29(26)41-34;1-28(2,3)38-26(33)8-6-5-7-25-30-24-15-18(23-16-21(39-31-23)17-37-40(4,35)36)9-14-22(24)27(34)32(25)20-12-10-19(29)11-13-20/h8-18,33H,4-7,19H2,1-3H3,(H,40,41);9-16H,5-8,17H2,1-4H3. The Hall–Kier alpha value is -9.01. The number of aryl methyl sites for hydroxylation is 2. The number of ether oxygens (including phenoxy) is 3. The molecule has 0 aliphatic rings. The van der Waals surface area contributed by atoms with E-state index in [2.05, 4.69) is 25.0 Å². The summed E-state index contributed by atoms with van der Waals surface area (Å²) in [4.78, 5) is 68.9. The second kappa shape index (κ2) is 27.6. The van der Waals surface area contributed by atoms with Gasteiger partial charge in [0.05, 0.1) is 56.2 Å². The molecule has 5 aromatic heterocycles. The van der Waals surface area contributed by atoms with E-state index in [0.717, 1.165) is 6.26 Å². The number of unbranched alkanes of at least 4 members (excludes halogenated alkanes) is 2. The van der Waals surface area contributed by atoms with Crippen LogP contribution in [0.4, 0.5) is 17.6 Å². The number of halogens is 4. The number of hydrogen-bond acceptors (Lipinski definition) is 18. The second-order valence-electron chi connectivity index (χ2n) is 22.6. The number of aromatic nitrogens is 8. The number of rotatable bonds is 22. The number of imidazole rings is 1. The molecule has 0 spiro atoms. The van der Waals surface area contributed by atoms with Crippen molar-refractivity contribution in [2.75, 3.05) is 6.26 Å². The Labute approximate surface area is 511 Å². The first-order valence-electron chi connectivity index (χ1n) is 28.1. The minimum Gasteiger partial charge on any atom is -0.460 e. The first kappa shape index (κ1) is 64.5. The number of benzene rings is 5. The van der Waals surface area contributed by atoms with E-state index in [0.29, 0.717) is 134 Å². The molecule has 0 saturated heterocycles. The van der Waals surface area contributed by atoms with Gasteiger partial charge < -0.3 is 28.2 Å². The molecular weight excluding hydrogens is 1200 g/mol. The Kier molecular flexibility index (Phi) is 20.0. The van der Waals surface area contributed by atoms with Crippen molar-refractivity contribution < 1.29 is 63.0 Å². The van der Waals surface area contributed by atoms with Crippen LogP contribution in [0, 0.1) is 11.6 Å². The summed E-state index contributed by atoms with van der Waals surface area (Å²) in [6, 6.07) is 29.2. The fraction of sp³-hybridized carbons (Fsp3) is 0.317. The number of carbonyl (C=O) groups is 2. The summed E-state index contributed by atoms with van der Waals surface area (Å²) in [5, 5.41) is 9.46. The molecular formula is C63H62F4N8O12S2. The SMILES string of the molecule is CC(C)(C)OC(=O)CCCCc1nc2cc(-c3cc(COS(C)(=O)=O)on3)ccc2c(=O)n1-c1ccc(F)cc1.CC(C)(C)OC(=O)CCCCc1nc2cc(-c3cc(CSc4nc5ccc(OC(F)F)cc5[nH]4)on3)ccc2c(=O)n1-c1ccc(F)cc1. The van der Waals surface area contributed by atoms with Crippen LogP contribution in [0.5, 0.6) is 5.75 Å². The summed E-state index contributed by atoms with van der Waals surface area (Å²) in [7, 11) is -3.65. The molecule has 0 unspecified atom stereocenters. The number of thioether (sulfide) groups is 1. The number of alkyl halides is 2. The molecule has 10 aromatic rings. The predicted molar refractivity (Wildman–Crippen MR) is 324 cm³/mol. The van der Waals surface area contributed by atoms with Gasteiger partial charge >= 0.3 is 18.6 Å². The van der Waals surface area contributed by atoms with E-state index < -0.39 is 39.6 Å². The minimum absolute atomic E-state index is 0.0344. The number of nitrogens with zero attached hydrogens (tertiary/aromatic N) is 7. The maximum Gasteiger partial charge on any atom is 0.387 e. The van der Waals surface area contributed by atoms with Crippen LogP contribution in [0.2, 0.25) is 0 Å². The van der Waals surface area contributed by atoms with E-state index in [4.69, 9.17) is 32.7 Å². The quantitative estimate of drug-likeness (QED) is 0.0217. The van der Waals surface area contributed by atoms with Crippen LogP contribution in [0.15, 0.2) is 139 Å². The number of H-pyrrole nitrogens is 1. The van der Waals surface area contributed by atoms with Crippen molar-refractivity contribution in [1.29, 1.82) is 0 Å². The summed E-state index contributed by atoms with van der Waals surface area (Å²) >= 11 is 1.35. The van der Waals surface area contributed by atoms with E-state index in [1.807, 2.05) is 41.5 Å². The normalized spacial score (nSPS) is 12.0. The van der Waals surface area contributed by atoms with E-state index in [9.17, 15) is 45.2 Å². The van der Waals surface area contributed by atoms with E-state index >= 15 is 0 Å². The van der Waals surface area contributed by atoms with Gasteiger partial charge in [0.15, 0.2) is 10.9 Å². The van der Waals surface area contributed by atoms with Crippen molar-refractivity contribution >= 4 is 66.7 Å². The highest BCUT2D eigenvalue weighted by atomic mass is 32.2. The molecule has 0 amide bonds. The molecule has 10 rings (SSSR count). The van der Waals surface area contributed by atoms with Crippen molar-refractivity contribution in [2.45, 2.75) is 128 Å². The monoisotopic (exact) mass is 1260 g/mol. The third-order valence-corrected chi connectivity index (χ3v) is 14.5. The minimum atomic E-state index is -3.65. The van der Waals surface area contributed by atoms with Crippen LogP contribution >= 0.6 is 11.8 Å². The van der Waals surface area contributed by atoms with Gasteiger partial charge in [-0.3, -0.25) is 32.5 Å². The van der Waals surface area contributed by atoms with Crippen molar-refractivity contribution in [3.8, 4) is 39.6 Å². The van der Waals surface area contributed by atoms with Crippen molar-refractivity contribution in [2.24, 2.45) is 0 Å². The maximum absolute atomic E-state index is 13.8. The Morgan fingerprint density at radius 2 is 1.10 bits per heavy atom. The molecule has 0 aliphatic carbocycles. The van der Waals surface area contributed by atoms with Crippen LogP contribution in [0.3, 0.4) is 0 Å². The van der Waals surface area contributed by atoms with Crippen LogP contribution in [0.25, 0.3) is 66.7 Å². The largest absolute Gasteiger partial charge is 0.460 e. The van der Waals surface area contributed by atoms with Crippen molar-refractivity contribution in [3.05, 3.63) is 171 Å². The number of fused-ring (bicyclic) bond motifs is 3. The molecule has 89 heavy (non-hydrogen) atoms. The van der Waals surface area contributed by atoms with Gasteiger partial charge in [0.1, 0.15) is 64.0 Å². The fourth-order valence-electron chi connectivity index (χ4n) is 9.27. The highest BCUT2D eigenvalue weighted by molar-refractivity contribution is 7.98. The summed E-state index contributed by atoms with van der Waals surface area (Å²) in [6.07, 6.45) is 4.37. The molecule has 0 radical (unpaired) electrons. The molecule has 0 bridgehead atoms. The zero-order valence-corrected chi connectivity index (χ0v) is 51.1. The highest BCUT2D eigenvalue weighted by Gasteiger charge is 2.22. The number of carbonyl (C=O) groups excluding carboxylic acids is 2. The predicted octanol–water partition coefficient (Wildman–Crippen LogP) is 12.7. The summed E-state index contributed by atoms with van der Waals surface area (Å²) in [5.41, 5.74) is 3.47. The lowest BCUT2D eigenvalue weighted by Gasteiger charge is -2.19. The molecule has 466 valence electrons. The maximum atomic E-state index is 13.8. The topological polar surface area (TPSA) is 256 Å². The zero-order chi connectivity index (χ0) is 63.8. The molecule has 0 fully saturated rings. The smallest absolute Gasteiger partial charge is 0.387 e. The van der Waals surface area contributed by atoms with Crippen LogP contribution < -0.4 is 15.9 Å². The number of aromatic amines is 1. The number of hydrogen-bond donors (Lipinski definition) is 1. The molecule has 26 heteroatoms. The summed E-state index contributed by atoms with van der Waals surface area (Å²) in [6.45, 7) is 7.65. The van der Waals surface area contributed by atoms with Crippen LogP contribution in [0.1, 0.15) is 103 Å². The highest BCUT2D eigenvalue weighted by Crippen LogP contribution is 2.30.